The number of benzene rings is 1. The maximum absolute atomic E-state index is 12.8. The predicted octanol–water partition coefficient (Wildman–Crippen LogP) is 1.23. The number of aromatic amines is 1. The van der Waals surface area contributed by atoms with E-state index >= 15 is 0 Å². The summed E-state index contributed by atoms with van der Waals surface area (Å²) in [5.41, 5.74) is 0.0895. The van der Waals surface area contributed by atoms with E-state index in [1.807, 2.05) is 4.90 Å². The smallest absolute Gasteiger partial charge is 0.409 e. The Labute approximate surface area is 161 Å². The molecule has 0 radical (unpaired) electrons. The molecule has 0 unspecified atom stereocenters. The number of amides is 1. The van der Waals surface area contributed by atoms with Crippen LogP contribution in [-0.2, 0) is 4.74 Å². The van der Waals surface area contributed by atoms with E-state index in [0.29, 0.717) is 55.7 Å². The van der Waals surface area contributed by atoms with Crippen LogP contribution in [0.3, 0.4) is 0 Å². The lowest BCUT2D eigenvalue weighted by molar-refractivity contribution is 0.105. The number of hydrogen-bond donors (Lipinski definition) is 1. The van der Waals surface area contributed by atoms with Crippen LogP contribution >= 0.6 is 0 Å². The molecule has 1 saturated heterocycles. The minimum atomic E-state index is -0.342. The molecule has 1 aromatic carbocycles. The van der Waals surface area contributed by atoms with Gasteiger partial charge < -0.3 is 28.7 Å². The van der Waals surface area contributed by atoms with Crippen LogP contribution in [0.15, 0.2) is 10.9 Å². The SMILES string of the molecule is CCOC(=O)N1CCN(c2nc3cc(OC)c(OC)c(OC)c3c(=O)[nH]2)CC1. The highest BCUT2D eigenvalue weighted by Gasteiger charge is 2.25. The van der Waals surface area contributed by atoms with Crippen molar-refractivity contribution in [3.05, 3.63) is 16.4 Å². The lowest BCUT2D eigenvalue weighted by atomic mass is 10.2. The normalized spacial score (nSPS) is 14.1. The van der Waals surface area contributed by atoms with Gasteiger partial charge in [-0.1, -0.05) is 0 Å². The maximum Gasteiger partial charge on any atom is 0.409 e. The van der Waals surface area contributed by atoms with E-state index in [9.17, 15) is 9.59 Å². The van der Waals surface area contributed by atoms with Gasteiger partial charge in [-0.2, -0.15) is 0 Å². The number of piperazine rings is 1. The topological polar surface area (TPSA) is 106 Å². The van der Waals surface area contributed by atoms with E-state index < -0.39 is 0 Å². The van der Waals surface area contributed by atoms with E-state index in [0.717, 1.165) is 0 Å². The Morgan fingerprint density at radius 3 is 2.36 bits per heavy atom. The first kappa shape index (κ1) is 19.6. The monoisotopic (exact) mass is 392 g/mol. The number of H-pyrrole nitrogens is 1. The number of anilines is 1. The van der Waals surface area contributed by atoms with Crippen molar-refractivity contribution in [3.63, 3.8) is 0 Å². The van der Waals surface area contributed by atoms with Crippen LogP contribution in [0.2, 0.25) is 0 Å². The van der Waals surface area contributed by atoms with Crippen molar-refractivity contribution >= 4 is 22.9 Å². The molecular formula is C18H24N4O6. The molecule has 1 aromatic heterocycles. The number of aromatic nitrogens is 2. The van der Waals surface area contributed by atoms with Crippen molar-refractivity contribution < 1.29 is 23.7 Å². The molecule has 10 nitrogen and oxygen atoms in total. The molecule has 0 spiro atoms. The summed E-state index contributed by atoms with van der Waals surface area (Å²) in [6, 6.07) is 1.64. The predicted molar refractivity (Wildman–Crippen MR) is 103 cm³/mol. The Bertz CT molecular complexity index is 920. The summed E-state index contributed by atoms with van der Waals surface area (Å²) in [5.74, 6) is 1.45. The Hall–Kier alpha value is -3.17. The molecule has 1 N–H and O–H groups in total. The minimum Gasteiger partial charge on any atom is -0.493 e. The van der Waals surface area contributed by atoms with Gasteiger partial charge in [-0.15, -0.1) is 0 Å². The molecule has 0 aliphatic carbocycles. The molecule has 1 amide bonds. The molecule has 2 aromatic rings. The van der Waals surface area contributed by atoms with Crippen LogP contribution in [0.4, 0.5) is 10.7 Å². The zero-order valence-corrected chi connectivity index (χ0v) is 16.4. The zero-order valence-electron chi connectivity index (χ0n) is 16.4. The Balaban J connectivity index is 1.94. The molecular weight excluding hydrogens is 368 g/mol. The number of nitrogens with one attached hydrogen (secondary N) is 1. The Morgan fingerprint density at radius 2 is 1.79 bits per heavy atom. The summed E-state index contributed by atoms with van der Waals surface area (Å²) in [6.45, 7) is 4.13. The van der Waals surface area contributed by atoms with Crippen LogP contribution in [0.1, 0.15) is 6.92 Å². The molecule has 0 bridgehead atoms. The summed E-state index contributed by atoms with van der Waals surface area (Å²) >= 11 is 0. The van der Waals surface area contributed by atoms with E-state index in [4.69, 9.17) is 18.9 Å². The lowest BCUT2D eigenvalue weighted by Crippen LogP contribution is -2.49. The van der Waals surface area contributed by atoms with E-state index in [2.05, 4.69) is 9.97 Å². The number of nitrogens with zero attached hydrogens (tertiary/aromatic N) is 3. The molecule has 2 heterocycles. The average Bonchev–Trinajstić information content (AvgIpc) is 2.72. The number of fused-ring (bicyclic) bond motifs is 1. The summed E-state index contributed by atoms with van der Waals surface area (Å²) in [5, 5.41) is 0.286. The van der Waals surface area contributed by atoms with E-state index in [1.54, 1.807) is 17.9 Å². The standard InChI is InChI=1S/C18H24N4O6/c1-5-28-18(24)22-8-6-21(7-9-22)17-19-11-10-12(25-2)14(26-3)15(27-4)13(11)16(23)20-17/h10H,5-9H2,1-4H3,(H,19,20,23). The summed E-state index contributed by atoms with van der Waals surface area (Å²) in [4.78, 5) is 35.5. The summed E-state index contributed by atoms with van der Waals surface area (Å²) in [7, 11) is 4.44. The highest BCUT2D eigenvalue weighted by atomic mass is 16.6. The fraction of sp³-hybridized carbons (Fsp3) is 0.500. The van der Waals surface area contributed by atoms with Crippen LogP contribution in [0.5, 0.6) is 17.2 Å². The molecule has 1 aliphatic rings. The van der Waals surface area contributed by atoms with Gasteiger partial charge in [0.05, 0.1) is 33.5 Å². The third-order valence-electron chi connectivity index (χ3n) is 4.59. The maximum atomic E-state index is 12.8. The van der Waals surface area contributed by atoms with Gasteiger partial charge in [0.15, 0.2) is 11.5 Å². The Kier molecular flexibility index (Phi) is 5.76. The van der Waals surface area contributed by atoms with Crippen LogP contribution in [0.25, 0.3) is 10.9 Å². The van der Waals surface area contributed by atoms with Gasteiger partial charge in [0.25, 0.3) is 5.56 Å². The zero-order chi connectivity index (χ0) is 20.3. The van der Waals surface area contributed by atoms with Crippen LogP contribution < -0.4 is 24.7 Å². The second kappa shape index (κ2) is 8.24. The highest BCUT2D eigenvalue weighted by molar-refractivity contribution is 5.90. The number of hydrogen-bond acceptors (Lipinski definition) is 8. The van der Waals surface area contributed by atoms with Crippen LogP contribution in [-0.4, -0.2) is 75.1 Å². The van der Waals surface area contributed by atoms with Crippen molar-refractivity contribution in [2.45, 2.75) is 6.92 Å². The van der Waals surface area contributed by atoms with Gasteiger partial charge in [0.2, 0.25) is 11.7 Å². The van der Waals surface area contributed by atoms with Crippen molar-refractivity contribution in [1.82, 2.24) is 14.9 Å². The quantitative estimate of drug-likeness (QED) is 0.810. The summed E-state index contributed by atoms with van der Waals surface area (Å²) < 4.78 is 21.1. The summed E-state index contributed by atoms with van der Waals surface area (Å²) in [6.07, 6.45) is -0.330. The number of ether oxygens (including phenoxy) is 4. The van der Waals surface area contributed by atoms with Crippen LogP contribution in [0, 0.1) is 0 Å². The second-order valence-corrected chi connectivity index (χ2v) is 6.10. The second-order valence-electron chi connectivity index (χ2n) is 6.10. The first-order valence-electron chi connectivity index (χ1n) is 8.93. The van der Waals surface area contributed by atoms with Gasteiger partial charge in [0, 0.05) is 32.2 Å². The molecule has 1 aliphatic heterocycles. The fourth-order valence-corrected chi connectivity index (χ4v) is 3.22. The molecule has 10 heteroatoms. The molecule has 0 saturated carbocycles. The first-order chi connectivity index (χ1) is 13.5. The van der Waals surface area contributed by atoms with Gasteiger partial charge in [0.1, 0.15) is 5.39 Å². The third kappa shape index (κ3) is 3.49. The van der Waals surface area contributed by atoms with Gasteiger partial charge >= 0.3 is 6.09 Å². The van der Waals surface area contributed by atoms with E-state index in [-0.39, 0.29) is 22.8 Å². The highest BCUT2D eigenvalue weighted by Crippen LogP contribution is 2.41. The lowest BCUT2D eigenvalue weighted by Gasteiger charge is -2.34. The number of carbonyl (C=O) groups is 1. The fourth-order valence-electron chi connectivity index (χ4n) is 3.22. The number of methoxy groups -OCH3 is 3. The van der Waals surface area contributed by atoms with Crippen molar-refractivity contribution in [1.29, 1.82) is 0 Å². The van der Waals surface area contributed by atoms with Crippen molar-refractivity contribution in [2.24, 2.45) is 0 Å². The van der Waals surface area contributed by atoms with Gasteiger partial charge in [-0.3, -0.25) is 9.78 Å². The van der Waals surface area contributed by atoms with E-state index in [1.165, 1.54) is 21.3 Å². The molecule has 3 rings (SSSR count). The average molecular weight is 392 g/mol. The van der Waals surface area contributed by atoms with Gasteiger partial charge in [-0.05, 0) is 6.92 Å². The number of carbonyl (C=O) groups excluding carboxylic acids is 1. The molecule has 0 atom stereocenters. The largest absolute Gasteiger partial charge is 0.493 e. The molecule has 1 fully saturated rings. The minimum absolute atomic E-state index is 0.268. The number of rotatable bonds is 5. The molecule has 28 heavy (non-hydrogen) atoms. The third-order valence-corrected chi connectivity index (χ3v) is 4.59. The molecule has 152 valence electrons. The van der Waals surface area contributed by atoms with Crippen molar-refractivity contribution in [3.8, 4) is 17.2 Å². The Morgan fingerprint density at radius 1 is 1.11 bits per heavy atom. The van der Waals surface area contributed by atoms with Gasteiger partial charge in [-0.25, -0.2) is 9.78 Å². The van der Waals surface area contributed by atoms with Crippen molar-refractivity contribution in [2.75, 3.05) is 59.0 Å². The first-order valence-corrected chi connectivity index (χ1v) is 8.93.